The zero-order valence-corrected chi connectivity index (χ0v) is 17.2. The van der Waals surface area contributed by atoms with Crippen LogP contribution in [0.5, 0.6) is 0 Å². The minimum Gasteiger partial charge on any atom is -0.377 e. The number of likely N-dealkylation sites (tertiary alicyclic amines) is 1. The quantitative estimate of drug-likeness (QED) is 0.621. The predicted molar refractivity (Wildman–Crippen MR) is 112 cm³/mol. The van der Waals surface area contributed by atoms with E-state index >= 15 is 0 Å². The van der Waals surface area contributed by atoms with Crippen molar-refractivity contribution in [3.63, 3.8) is 0 Å². The molecule has 2 saturated carbocycles. The zero-order chi connectivity index (χ0) is 19.1. The lowest BCUT2D eigenvalue weighted by Crippen LogP contribution is -2.72. The summed E-state index contributed by atoms with van der Waals surface area (Å²) < 4.78 is 6.07. The molecule has 1 spiro atoms. The van der Waals surface area contributed by atoms with Gasteiger partial charge < -0.3 is 15.4 Å². The average molecular weight is 383 g/mol. The monoisotopic (exact) mass is 382 g/mol. The Balaban J connectivity index is 1.18. The second-order valence-electron chi connectivity index (χ2n) is 9.37. The van der Waals surface area contributed by atoms with Crippen LogP contribution in [0.4, 0.5) is 0 Å². The highest BCUT2D eigenvalue weighted by molar-refractivity contribution is 5.80. The van der Waals surface area contributed by atoms with Crippen molar-refractivity contribution in [2.75, 3.05) is 20.2 Å². The highest BCUT2D eigenvalue weighted by atomic mass is 16.5. The Morgan fingerprint density at radius 2 is 2.07 bits per heavy atom. The van der Waals surface area contributed by atoms with Gasteiger partial charge in [-0.3, -0.25) is 9.89 Å². The number of hydrogen-bond donors (Lipinski definition) is 2. The molecule has 0 aromatic heterocycles. The molecule has 4 fully saturated rings. The Bertz CT molecular complexity index is 717. The van der Waals surface area contributed by atoms with Gasteiger partial charge in [-0.1, -0.05) is 36.8 Å². The van der Waals surface area contributed by atoms with E-state index in [0.717, 1.165) is 25.7 Å². The fourth-order valence-corrected chi connectivity index (χ4v) is 6.21. The Labute approximate surface area is 168 Å². The maximum absolute atomic E-state index is 6.07. The van der Waals surface area contributed by atoms with Crippen LogP contribution in [-0.4, -0.2) is 55.3 Å². The number of nitrogens with one attached hydrogen (secondary N) is 2. The lowest BCUT2D eigenvalue weighted by Gasteiger charge is -2.63. The van der Waals surface area contributed by atoms with Gasteiger partial charge in [0.2, 0.25) is 0 Å². The van der Waals surface area contributed by atoms with E-state index in [2.05, 4.69) is 57.8 Å². The Morgan fingerprint density at radius 3 is 2.79 bits per heavy atom. The molecule has 0 radical (unpaired) electrons. The normalized spacial score (nSPS) is 36.6. The summed E-state index contributed by atoms with van der Waals surface area (Å²) in [5.74, 6) is 1.66. The first-order chi connectivity index (χ1) is 13.7. The molecular formula is C23H34N4O. The summed E-state index contributed by atoms with van der Waals surface area (Å²) in [6, 6.07) is 12.4. The molecule has 1 aromatic carbocycles. The van der Waals surface area contributed by atoms with Crippen LogP contribution in [0.25, 0.3) is 0 Å². The molecule has 5 unspecified atom stereocenters. The smallest absolute Gasteiger partial charge is 0.191 e. The van der Waals surface area contributed by atoms with E-state index < -0.39 is 0 Å². The van der Waals surface area contributed by atoms with Crippen molar-refractivity contribution >= 4 is 5.96 Å². The summed E-state index contributed by atoms with van der Waals surface area (Å²) in [6.45, 7) is 5.38. The molecule has 2 saturated heterocycles. The third kappa shape index (κ3) is 3.03. The van der Waals surface area contributed by atoms with E-state index in [-0.39, 0.29) is 0 Å². The van der Waals surface area contributed by atoms with E-state index in [0.29, 0.717) is 35.6 Å². The van der Waals surface area contributed by atoms with Crippen LogP contribution in [0.2, 0.25) is 0 Å². The van der Waals surface area contributed by atoms with Crippen molar-refractivity contribution in [2.24, 2.45) is 16.3 Å². The average Bonchev–Trinajstić information content (AvgIpc) is 3.23. The molecule has 5 atom stereocenters. The molecule has 4 aliphatic rings. The van der Waals surface area contributed by atoms with Gasteiger partial charge in [0.15, 0.2) is 5.96 Å². The van der Waals surface area contributed by atoms with E-state index in [1.807, 2.05) is 7.05 Å². The fraction of sp³-hybridized carbons (Fsp3) is 0.696. The van der Waals surface area contributed by atoms with Crippen molar-refractivity contribution in [1.82, 2.24) is 15.5 Å². The van der Waals surface area contributed by atoms with Gasteiger partial charge in [-0.15, -0.1) is 0 Å². The lowest BCUT2D eigenvalue weighted by molar-refractivity contribution is -0.171. The molecule has 2 aliphatic carbocycles. The number of ether oxygens (including phenoxy) is 1. The predicted octanol–water partition coefficient (Wildman–Crippen LogP) is 2.77. The van der Waals surface area contributed by atoms with E-state index in [1.54, 1.807) is 0 Å². The van der Waals surface area contributed by atoms with Crippen molar-refractivity contribution in [2.45, 2.75) is 69.8 Å². The van der Waals surface area contributed by atoms with Gasteiger partial charge in [-0.2, -0.15) is 0 Å². The SMILES string of the molecule is CN=C(NC1CC(C)N(Cc2ccccc2)C1)NC1C2CCOC2C12CCC2. The number of benzene rings is 1. The van der Waals surface area contributed by atoms with Crippen molar-refractivity contribution in [1.29, 1.82) is 0 Å². The minimum absolute atomic E-state index is 0.390. The maximum atomic E-state index is 6.07. The van der Waals surface area contributed by atoms with Crippen LogP contribution in [0, 0.1) is 11.3 Å². The number of rotatable bonds is 4. The van der Waals surface area contributed by atoms with E-state index in [4.69, 9.17) is 4.74 Å². The topological polar surface area (TPSA) is 48.9 Å². The van der Waals surface area contributed by atoms with Crippen molar-refractivity contribution in [3.8, 4) is 0 Å². The molecule has 28 heavy (non-hydrogen) atoms. The Hall–Kier alpha value is -1.59. The van der Waals surface area contributed by atoms with Crippen LogP contribution in [0.1, 0.15) is 44.6 Å². The fourth-order valence-electron chi connectivity index (χ4n) is 6.21. The minimum atomic E-state index is 0.390. The summed E-state index contributed by atoms with van der Waals surface area (Å²) in [6.07, 6.45) is 6.85. The van der Waals surface area contributed by atoms with Crippen molar-refractivity contribution < 1.29 is 4.74 Å². The first-order valence-corrected chi connectivity index (χ1v) is 11.1. The lowest BCUT2D eigenvalue weighted by atomic mass is 9.46. The number of hydrogen-bond acceptors (Lipinski definition) is 3. The van der Waals surface area contributed by atoms with Gasteiger partial charge >= 0.3 is 0 Å². The number of aliphatic imine (C=N–C) groups is 1. The van der Waals surface area contributed by atoms with Crippen LogP contribution in [-0.2, 0) is 11.3 Å². The van der Waals surface area contributed by atoms with Gasteiger partial charge in [0.25, 0.3) is 0 Å². The molecule has 5 rings (SSSR count). The van der Waals surface area contributed by atoms with E-state index in [9.17, 15) is 0 Å². The third-order valence-electron chi connectivity index (χ3n) is 7.83. The molecule has 0 amide bonds. The highest BCUT2D eigenvalue weighted by Crippen LogP contribution is 2.62. The number of nitrogens with zero attached hydrogens (tertiary/aromatic N) is 2. The summed E-state index contributed by atoms with van der Waals surface area (Å²) >= 11 is 0. The summed E-state index contributed by atoms with van der Waals surface area (Å²) in [5, 5.41) is 7.55. The molecule has 2 heterocycles. The second-order valence-corrected chi connectivity index (χ2v) is 9.37. The van der Waals surface area contributed by atoms with Gasteiger partial charge in [0.05, 0.1) is 6.10 Å². The highest BCUT2D eigenvalue weighted by Gasteiger charge is 2.66. The zero-order valence-electron chi connectivity index (χ0n) is 17.2. The molecule has 1 aromatic rings. The molecule has 2 N–H and O–H groups in total. The molecule has 2 aliphatic heterocycles. The number of guanidine groups is 1. The van der Waals surface area contributed by atoms with Crippen LogP contribution >= 0.6 is 0 Å². The van der Waals surface area contributed by atoms with Crippen LogP contribution in [0.3, 0.4) is 0 Å². The third-order valence-corrected chi connectivity index (χ3v) is 7.83. The first-order valence-electron chi connectivity index (χ1n) is 11.1. The molecular weight excluding hydrogens is 348 g/mol. The van der Waals surface area contributed by atoms with Gasteiger partial charge in [0.1, 0.15) is 0 Å². The van der Waals surface area contributed by atoms with Gasteiger partial charge in [-0.05, 0) is 38.2 Å². The summed E-state index contributed by atoms with van der Waals surface area (Å²) in [4.78, 5) is 7.16. The summed E-state index contributed by atoms with van der Waals surface area (Å²) in [7, 11) is 1.91. The van der Waals surface area contributed by atoms with Crippen molar-refractivity contribution in [3.05, 3.63) is 35.9 Å². The molecule has 0 bridgehead atoms. The van der Waals surface area contributed by atoms with Crippen LogP contribution in [0.15, 0.2) is 35.3 Å². The van der Waals surface area contributed by atoms with Crippen LogP contribution < -0.4 is 10.6 Å². The maximum Gasteiger partial charge on any atom is 0.191 e. The number of fused-ring (bicyclic) bond motifs is 2. The first kappa shape index (κ1) is 18.4. The Morgan fingerprint density at radius 1 is 1.25 bits per heavy atom. The Kier molecular flexibility index (Phi) is 4.84. The largest absolute Gasteiger partial charge is 0.377 e. The van der Waals surface area contributed by atoms with Gasteiger partial charge in [0, 0.05) is 56.2 Å². The molecule has 5 heteroatoms. The summed E-state index contributed by atoms with van der Waals surface area (Å²) in [5.41, 5.74) is 1.78. The molecule has 152 valence electrons. The second kappa shape index (κ2) is 7.34. The van der Waals surface area contributed by atoms with E-state index in [1.165, 1.54) is 37.7 Å². The van der Waals surface area contributed by atoms with Gasteiger partial charge in [-0.25, -0.2) is 0 Å². The standard InChI is InChI=1S/C23H34N4O/c1-16-13-18(15-27(16)14-17-7-4-3-5-8-17)25-22(24-2)26-20-19-9-12-28-21(19)23(20)10-6-11-23/h3-5,7-8,16,18-21H,6,9-15H2,1-2H3,(H2,24,25,26). The molecule has 5 nitrogen and oxygen atoms in total.